The van der Waals surface area contributed by atoms with E-state index in [1.807, 2.05) is 32.0 Å². The molecule has 12 heavy (non-hydrogen) atoms. The Bertz CT molecular complexity index is 256. The molecule has 1 rings (SSSR count). The van der Waals surface area contributed by atoms with Crippen LogP contribution in [0, 0.1) is 13.5 Å². The molecule has 0 unspecified atom stereocenters. The van der Waals surface area contributed by atoms with Crippen LogP contribution in [-0.4, -0.2) is 11.7 Å². The summed E-state index contributed by atoms with van der Waals surface area (Å²) in [5.74, 6) is 0.766. The Morgan fingerprint density at radius 2 is 2.25 bits per heavy atom. The normalized spacial score (nSPS) is 9.92. The first-order valence-electron chi connectivity index (χ1n) is 3.99. The van der Waals surface area contributed by atoms with Gasteiger partial charge in [-0.1, -0.05) is 18.2 Å². The Hall–Kier alpha value is -1.02. The minimum Gasteiger partial charge on any atom is -0.493 e. The van der Waals surface area contributed by atoms with Gasteiger partial charge in [0.2, 0.25) is 0 Å². The van der Waals surface area contributed by atoms with Crippen molar-refractivity contribution in [3.8, 4) is 5.75 Å². The highest BCUT2D eigenvalue weighted by Crippen LogP contribution is 2.23. The molecule has 0 fully saturated rings. The molecule has 65 valence electrons. The monoisotopic (exact) mass is 165 g/mol. The van der Waals surface area contributed by atoms with Crippen molar-refractivity contribution >= 4 is 0 Å². The standard InChI is InChI=1S/C10H13O2/c1-3-12-10-8(2)5-4-6-9(10)7-11/h4-7,11H,3H2,1-2H3. The number of hydrogen-bond donors (Lipinski definition) is 1. The summed E-state index contributed by atoms with van der Waals surface area (Å²) in [5.41, 5.74) is 1.77. The number of aliphatic hydroxyl groups is 1. The van der Waals surface area contributed by atoms with Crippen LogP contribution in [0.15, 0.2) is 18.2 Å². The first-order chi connectivity index (χ1) is 5.79. The second-order valence-corrected chi connectivity index (χ2v) is 2.56. The number of ether oxygens (including phenoxy) is 1. The maximum absolute atomic E-state index is 8.86. The molecule has 0 heterocycles. The highest BCUT2D eigenvalue weighted by molar-refractivity contribution is 5.43. The Morgan fingerprint density at radius 3 is 2.83 bits per heavy atom. The van der Waals surface area contributed by atoms with Crippen LogP contribution in [0.4, 0.5) is 0 Å². The third-order valence-electron chi connectivity index (χ3n) is 1.67. The van der Waals surface area contributed by atoms with Crippen LogP contribution in [-0.2, 0) is 0 Å². The summed E-state index contributed by atoms with van der Waals surface area (Å²) in [6.45, 7) is 5.56. The Kier molecular flexibility index (Phi) is 3.11. The largest absolute Gasteiger partial charge is 0.493 e. The van der Waals surface area contributed by atoms with Crippen molar-refractivity contribution in [2.75, 3.05) is 6.61 Å². The molecule has 1 N–H and O–H groups in total. The predicted molar refractivity (Wildman–Crippen MR) is 47.7 cm³/mol. The van der Waals surface area contributed by atoms with E-state index in [1.54, 1.807) is 0 Å². The van der Waals surface area contributed by atoms with Crippen LogP contribution >= 0.6 is 0 Å². The van der Waals surface area contributed by atoms with Crippen molar-refractivity contribution in [2.45, 2.75) is 13.8 Å². The number of para-hydroxylation sites is 1. The molecular formula is C10H13O2. The van der Waals surface area contributed by atoms with E-state index in [2.05, 4.69) is 0 Å². The van der Waals surface area contributed by atoms with Gasteiger partial charge in [0.1, 0.15) is 12.4 Å². The minimum absolute atomic E-state index is 0.617. The Balaban J connectivity index is 3.02. The van der Waals surface area contributed by atoms with Crippen LogP contribution in [0.25, 0.3) is 0 Å². The first kappa shape index (κ1) is 9.07. The van der Waals surface area contributed by atoms with Crippen LogP contribution in [0.1, 0.15) is 18.1 Å². The molecule has 0 atom stereocenters. The fourth-order valence-electron chi connectivity index (χ4n) is 1.12. The molecule has 0 saturated heterocycles. The number of benzene rings is 1. The maximum Gasteiger partial charge on any atom is 0.128 e. The second kappa shape index (κ2) is 4.12. The number of aryl methyl sites for hydroxylation is 1. The van der Waals surface area contributed by atoms with E-state index < -0.39 is 0 Å². The van der Waals surface area contributed by atoms with Gasteiger partial charge in [0, 0.05) is 5.56 Å². The van der Waals surface area contributed by atoms with Gasteiger partial charge in [-0.25, -0.2) is 0 Å². The highest BCUT2D eigenvalue weighted by atomic mass is 16.5. The topological polar surface area (TPSA) is 29.5 Å². The average Bonchev–Trinajstić information content (AvgIpc) is 2.09. The highest BCUT2D eigenvalue weighted by Gasteiger charge is 2.04. The van der Waals surface area contributed by atoms with Crippen molar-refractivity contribution in [3.63, 3.8) is 0 Å². The quantitative estimate of drug-likeness (QED) is 0.744. The summed E-state index contributed by atoms with van der Waals surface area (Å²) in [7, 11) is 0. The van der Waals surface area contributed by atoms with E-state index in [1.165, 1.54) is 0 Å². The summed E-state index contributed by atoms with van der Waals surface area (Å²) in [4.78, 5) is 0. The first-order valence-corrected chi connectivity index (χ1v) is 3.99. The third kappa shape index (κ3) is 1.77. The fraction of sp³-hybridized carbons (Fsp3) is 0.300. The number of rotatable bonds is 3. The molecule has 1 aromatic carbocycles. The van der Waals surface area contributed by atoms with E-state index in [9.17, 15) is 0 Å². The van der Waals surface area contributed by atoms with Crippen LogP contribution < -0.4 is 4.74 Å². The molecule has 2 nitrogen and oxygen atoms in total. The SMILES string of the molecule is CCOc1c(C)cccc1[CH]O. The molecule has 0 aliphatic heterocycles. The summed E-state index contributed by atoms with van der Waals surface area (Å²) in [5, 5.41) is 8.86. The molecule has 0 aliphatic rings. The Labute approximate surface area is 72.8 Å². The summed E-state index contributed by atoms with van der Waals surface area (Å²) < 4.78 is 5.37. The van der Waals surface area contributed by atoms with Gasteiger partial charge in [0.05, 0.1) is 6.61 Å². The molecule has 0 saturated carbocycles. The van der Waals surface area contributed by atoms with Crippen molar-refractivity contribution in [2.24, 2.45) is 0 Å². The summed E-state index contributed by atoms with van der Waals surface area (Å²) in [6.07, 6.45) is 0. The van der Waals surface area contributed by atoms with Crippen LogP contribution in [0.2, 0.25) is 0 Å². The van der Waals surface area contributed by atoms with Crippen molar-refractivity contribution in [3.05, 3.63) is 35.9 Å². The lowest BCUT2D eigenvalue weighted by Crippen LogP contribution is -1.97. The zero-order chi connectivity index (χ0) is 8.97. The second-order valence-electron chi connectivity index (χ2n) is 2.56. The molecule has 1 aromatic rings. The van der Waals surface area contributed by atoms with Crippen LogP contribution in [0.5, 0.6) is 5.75 Å². The maximum atomic E-state index is 8.86. The van der Waals surface area contributed by atoms with Crippen molar-refractivity contribution in [1.82, 2.24) is 0 Å². The fourth-order valence-corrected chi connectivity index (χ4v) is 1.12. The molecule has 0 spiro atoms. The third-order valence-corrected chi connectivity index (χ3v) is 1.67. The number of hydrogen-bond acceptors (Lipinski definition) is 2. The van der Waals surface area contributed by atoms with E-state index in [0.29, 0.717) is 6.61 Å². The Morgan fingerprint density at radius 1 is 1.50 bits per heavy atom. The van der Waals surface area contributed by atoms with Gasteiger partial charge in [-0.2, -0.15) is 0 Å². The van der Waals surface area contributed by atoms with E-state index in [4.69, 9.17) is 9.84 Å². The van der Waals surface area contributed by atoms with Crippen LogP contribution in [0.3, 0.4) is 0 Å². The lowest BCUT2D eigenvalue weighted by Gasteiger charge is -2.10. The van der Waals surface area contributed by atoms with Gasteiger partial charge in [0.25, 0.3) is 0 Å². The summed E-state index contributed by atoms with van der Waals surface area (Å²) in [6, 6.07) is 5.66. The number of aliphatic hydroxyl groups excluding tert-OH is 1. The molecule has 0 aromatic heterocycles. The lowest BCUT2D eigenvalue weighted by atomic mass is 10.1. The minimum atomic E-state index is 0.617. The van der Waals surface area contributed by atoms with E-state index in [0.717, 1.165) is 23.5 Å². The molecule has 0 bridgehead atoms. The molecular weight excluding hydrogens is 152 g/mol. The van der Waals surface area contributed by atoms with Gasteiger partial charge in [-0.15, -0.1) is 0 Å². The zero-order valence-electron chi connectivity index (χ0n) is 7.37. The van der Waals surface area contributed by atoms with Gasteiger partial charge in [0.15, 0.2) is 0 Å². The van der Waals surface area contributed by atoms with Crippen molar-refractivity contribution < 1.29 is 9.84 Å². The van der Waals surface area contributed by atoms with Crippen molar-refractivity contribution in [1.29, 1.82) is 0 Å². The molecule has 0 amide bonds. The predicted octanol–water partition coefficient (Wildman–Crippen LogP) is 2.28. The van der Waals surface area contributed by atoms with E-state index >= 15 is 0 Å². The van der Waals surface area contributed by atoms with E-state index in [-0.39, 0.29) is 0 Å². The molecule has 0 aliphatic carbocycles. The molecule has 1 radical (unpaired) electrons. The van der Waals surface area contributed by atoms with Gasteiger partial charge < -0.3 is 9.84 Å². The molecule has 2 heteroatoms. The van der Waals surface area contributed by atoms with Gasteiger partial charge in [-0.05, 0) is 19.4 Å². The summed E-state index contributed by atoms with van der Waals surface area (Å²) >= 11 is 0. The smallest absolute Gasteiger partial charge is 0.128 e. The van der Waals surface area contributed by atoms with Gasteiger partial charge in [-0.3, -0.25) is 0 Å². The zero-order valence-corrected chi connectivity index (χ0v) is 7.37. The average molecular weight is 165 g/mol. The van der Waals surface area contributed by atoms with Gasteiger partial charge >= 0.3 is 0 Å². The lowest BCUT2D eigenvalue weighted by molar-refractivity contribution is 0.328.